The van der Waals surface area contributed by atoms with E-state index in [0.717, 1.165) is 48.7 Å². The van der Waals surface area contributed by atoms with Gasteiger partial charge in [0.15, 0.2) is 0 Å². The van der Waals surface area contributed by atoms with Gasteiger partial charge in [-0.05, 0) is 51.3 Å². The van der Waals surface area contributed by atoms with E-state index in [1.165, 1.54) is 19.3 Å². The van der Waals surface area contributed by atoms with Crippen LogP contribution in [0.2, 0.25) is 0 Å². The minimum absolute atomic E-state index is 0.0418. The number of rotatable bonds is 7. The highest BCUT2D eigenvalue weighted by atomic mass is 32.2. The Morgan fingerprint density at radius 2 is 2.16 bits per heavy atom. The van der Waals surface area contributed by atoms with E-state index in [2.05, 4.69) is 17.1 Å². The van der Waals surface area contributed by atoms with Crippen LogP contribution in [0.15, 0.2) is 29.2 Å². The number of nitrogens with one attached hydrogen (secondary N) is 1. The van der Waals surface area contributed by atoms with E-state index in [1.54, 1.807) is 11.8 Å². The van der Waals surface area contributed by atoms with Gasteiger partial charge in [-0.3, -0.25) is 9.69 Å². The second kappa shape index (κ2) is 9.60. The monoisotopic (exact) mass is 362 g/mol. The molecule has 5 heteroatoms. The molecule has 0 saturated carbocycles. The summed E-state index contributed by atoms with van der Waals surface area (Å²) in [5.74, 6) is 0.968. The maximum Gasteiger partial charge on any atom is 0.252 e. The SMILES string of the molecule is CC1CCCCN1CCNC(=O)c1ccccc1SCC1CCCO1. The molecule has 2 heterocycles. The van der Waals surface area contributed by atoms with Gasteiger partial charge < -0.3 is 10.1 Å². The standard InChI is InChI=1S/C20H30N2O2S/c1-16-7-4-5-12-22(16)13-11-21-20(23)18-9-2-3-10-19(18)25-15-17-8-6-14-24-17/h2-3,9-10,16-17H,4-8,11-15H2,1H3,(H,21,23). The first-order chi connectivity index (χ1) is 12.2. The van der Waals surface area contributed by atoms with E-state index in [9.17, 15) is 4.79 Å². The number of carbonyl (C=O) groups is 1. The molecular weight excluding hydrogens is 332 g/mol. The summed E-state index contributed by atoms with van der Waals surface area (Å²) in [4.78, 5) is 16.2. The lowest BCUT2D eigenvalue weighted by Crippen LogP contribution is -2.42. The summed E-state index contributed by atoms with van der Waals surface area (Å²) in [5, 5.41) is 3.11. The number of nitrogens with zero attached hydrogens (tertiary/aromatic N) is 1. The van der Waals surface area contributed by atoms with Gasteiger partial charge in [-0.1, -0.05) is 18.6 Å². The van der Waals surface area contributed by atoms with Gasteiger partial charge >= 0.3 is 0 Å². The van der Waals surface area contributed by atoms with E-state index >= 15 is 0 Å². The predicted octanol–water partition coefficient (Wildman–Crippen LogP) is 3.56. The van der Waals surface area contributed by atoms with Crippen LogP contribution < -0.4 is 5.32 Å². The van der Waals surface area contributed by atoms with Crippen LogP contribution in [0.1, 0.15) is 49.4 Å². The van der Waals surface area contributed by atoms with Crippen LogP contribution >= 0.6 is 11.8 Å². The van der Waals surface area contributed by atoms with Crippen LogP contribution in [0.5, 0.6) is 0 Å². The van der Waals surface area contributed by atoms with Gasteiger partial charge in [-0.25, -0.2) is 0 Å². The van der Waals surface area contributed by atoms with E-state index in [4.69, 9.17) is 4.74 Å². The summed E-state index contributed by atoms with van der Waals surface area (Å²) < 4.78 is 5.69. The van der Waals surface area contributed by atoms with E-state index in [-0.39, 0.29) is 5.91 Å². The second-order valence-corrected chi connectivity index (χ2v) is 8.14. The Labute approximate surface area is 155 Å². The van der Waals surface area contributed by atoms with Crippen LogP contribution in [0.25, 0.3) is 0 Å². The zero-order valence-electron chi connectivity index (χ0n) is 15.2. The third-order valence-electron chi connectivity index (χ3n) is 5.21. The Morgan fingerprint density at radius 3 is 2.96 bits per heavy atom. The van der Waals surface area contributed by atoms with Crippen molar-refractivity contribution >= 4 is 17.7 Å². The fourth-order valence-corrected chi connectivity index (χ4v) is 4.76. The van der Waals surface area contributed by atoms with Crippen LogP contribution in [-0.2, 0) is 4.74 Å². The van der Waals surface area contributed by atoms with Crippen LogP contribution in [0.3, 0.4) is 0 Å². The molecule has 0 aromatic heterocycles. The number of benzene rings is 1. The Kier molecular flexibility index (Phi) is 7.20. The maximum absolute atomic E-state index is 12.6. The number of likely N-dealkylation sites (tertiary alicyclic amines) is 1. The van der Waals surface area contributed by atoms with Gasteiger partial charge in [0.25, 0.3) is 5.91 Å². The number of ether oxygens (including phenoxy) is 1. The van der Waals surface area contributed by atoms with Crippen molar-refractivity contribution in [2.75, 3.05) is 32.0 Å². The predicted molar refractivity (Wildman–Crippen MR) is 103 cm³/mol. The van der Waals surface area contributed by atoms with Crippen molar-refractivity contribution in [1.82, 2.24) is 10.2 Å². The Balaban J connectivity index is 1.49. The number of hydrogen-bond donors (Lipinski definition) is 1. The molecule has 2 atom stereocenters. The zero-order chi connectivity index (χ0) is 17.5. The molecule has 1 aromatic rings. The molecule has 2 saturated heterocycles. The average molecular weight is 363 g/mol. The molecule has 3 rings (SSSR count). The first-order valence-corrected chi connectivity index (χ1v) is 10.6. The van der Waals surface area contributed by atoms with Crippen molar-refractivity contribution in [3.05, 3.63) is 29.8 Å². The molecule has 2 aliphatic heterocycles. The van der Waals surface area contributed by atoms with Gasteiger partial charge in [0.1, 0.15) is 0 Å². The third kappa shape index (κ3) is 5.47. The first-order valence-electron chi connectivity index (χ1n) is 9.59. The Bertz CT molecular complexity index is 560. The molecule has 25 heavy (non-hydrogen) atoms. The van der Waals surface area contributed by atoms with Gasteiger partial charge in [0.05, 0.1) is 11.7 Å². The molecule has 0 spiro atoms. The lowest BCUT2D eigenvalue weighted by molar-refractivity contribution is 0.0935. The van der Waals surface area contributed by atoms with Crippen molar-refractivity contribution in [3.63, 3.8) is 0 Å². The second-order valence-electron chi connectivity index (χ2n) is 7.08. The molecule has 2 fully saturated rings. The molecule has 0 aliphatic carbocycles. The molecule has 1 N–H and O–H groups in total. The summed E-state index contributed by atoms with van der Waals surface area (Å²) in [6.07, 6.45) is 6.51. The summed E-state index contributed by atoms with van der Waals surface area (Å²) in [7, 11) is 0. The van der Waals surface area contributed by atoms with Crippen molar-refractivity contribution in [2.24, 2.45) is 0 Å². The van der Waals surface area contributed by atoms with Crippen molar-refractivity contribution in [3.8, 4) is 0 Å². The number of amides is 1. The van der Waals surface area contributed by atoms with Gasteiger partial charge in [0, 0.05) is 36.4 Å². The van der Waals surface area contributed by atoms with Crippen molar-refractivity contribution in [2.45, 2.75) is 56.1 Å². The number of carbonyl (C=O) groups excluding carboxylic acids is 1. The minimum atomic E-state index is 0.0418. The first kappa shape index (κ1) is 18.7. The highest BCUT2D eigenvalue weighted by Crippen LogP contribution is 2.26. The van der Waals surface area contributed by atoms with E-state index in [1.807, 2.05) is 24.3 Å². The number of hydrogen-bond acceptors (Lipinski definition) is 4. The quantitative estimate of drug-likeness (QED) is 0.753. The van der Waals surface area contributed by atoms with Gasteiger partial charge in [-0.15, -0.1) is 11.8 Å². The Hall–Kier alpha value is -1.04. The minimum Gasteiger partial charge on any atom is -0.377 e. The number of piperidine rings is 1. The molecule has 2 unspecified atom stereocenters. The summed E-state index contributed by atoms with van der Waals surface area (Å²) in [5.41, 5.74) is 0.789. The molecule has 1 aromatic carbocycles. The molecule has 138 valence electrons. The van der Waals surface area contributed by atoms with Crippen LogP contribution in [0, 0.1) is 0 Å². The van der Waals surface area contributed by atoms with E-state index < -0.39 is 0 Å². The maximum atomic E-state index is 12.6. The lowest BCUT2D eigenvalue weighted by atomic mass is 10.0. The fourth-order valence-electron chi connectivity index (χ4n) is 3.64. The summed E-state index contributed by atoms with van der Waals surface area (Å²) in [6.45, 7) is 5.98. The molecule has 0 bridgehead atoms. The average Bonchev–Trinajstić information content (AvgIpc) is 3.15. The lowest BCUT2D eigenvalue weighted by Gasteiger charge is -2.33. The highest BCUT2D eigenvalue weighted by Gasteiger charge is 2.19. The third-order valence-corrected chi connectivity index (χ3v) is 6.41. The molecule has 2 aliphatic rings. The largest absolute Gasteiger partial charge is 0.377 e. The van der Waals surface area contributed by atoms with Crippen LogP contribution in [-0.4, -0.2) is 54.9 Å². The smallest absolute Gasteiger partial charge is 0.252 e. The van der Waals surface area contributed by atoms with Crippen molar-refractivity contribution in [1.29, 1.82) is 0 Å². The number of thioether (sulfide) groups is 1. The fraction of sp³-hybridized carbons (Fsp3) is 0.650. The normalized spacial score (nSPS) is 24.4. The molecule has 4 nitrogen and oxygen atoms in total. The van der Waals surface area contributed by atoms with Gasteiger partial charge in [0.2, 0.25) is 0 Å². The summed E-state index contributed by atoms with van der Waals surface area (Å²) in [6, 6.07) is 8.56. The molecule has 1 amide bonds. The summed E-state index contributed by atoms with van der Waals surface area (Å²) >= 11 is 1.74. The molecule has 0 radical (unpaired) electrons. The Morgan fingerprint density at radius 1 is 1.28 bits per heavy atom. The van der Waals surface area contributed by atoms with Gasteiger partial charge in [-0.2, -0.15) is 0 Å². The van der Waals surface area contributed by atoms with E-state index in [0.29, 0.717) is 18.7 Å². The zero-order valence-corrected chi connectivity index (χ0v) is 16.0. The highest BCUT2D eigenvalue weighted by molar-refractivity contribution is 7.99. The topological polar surface area (TPSA) is 41.6 Å². The van der Waals surface area contributed by atoms with Crippen LogP contribution in [0.4, 0.5) is 0 Å². The van der Waals surface area contributed by atoms with Crippen molar-refractivity contribution < 1.29 is 9.53 Å². The molecular formula is C20H30N2O2S.